The summed E-state index contributed by atoms with van der Waals surface area (Å²) in [6.07, 6.45) is 4.27. The standard InChI is InChI=1S/C29H28ClN5O3S2/c1-19-6-8-20(9-7-19)16-31-25(36)5-3-2-4-13-34-28(38)27-23(12-14-39-27)33-29(34)40-18-22-15-26(37)35-17-21(30)10-11-24(35)32-22/h6-12,14-15,17H,2-5,13,16,18H2,1H3,(H,31,36). The van der Waals surface area contributed by atoms with Gasteiger partial charge in [0.05, 0.1) is 16.2 Å². The average Bonchev–Trinajstić information content (AvgIpc) is 3.42. The van der Waals surface area contributed by atoms with E-state index in [1.54, 1.807) is 22.9 Å². The third kappa shape index (κ3) is 6.80. The van der Waals surface area contributed by atoms with Gasteiger partial charge in [0.1, 0.15) is 10.3 Å². The molecular weight excluding hydrogens is 566 g/mol. The predicted octanol–water partition coefficient (Wildman–Crippen LogP) is 5.60. The number of hydrogen-bond donors (Lipinski definition) is 1. The Morgan fingerprint density at radius 1 is 1.05 bits per heavy atom. The molecule has 1 N–H and O–H groups in total. The van der Waals surface area contributed by atoms with Crippen LogP contribution in [-0.4, -0.2) is 24.8 Å². The maximum Gasteiger partial charge on any atom is 0.272 e. The predicted molar refractivity (Wildman–Crippen MR) is 161 cm³/mol. The molecule has 0 aliphatic heterocycles. The van der Waals surface area contributed by atoms with Gasteiger partial charge in [-0.2, -0.15) is 0 Å². The van der Waals surface area contributed by atoms with Crippen LogP contribution in [-0.2, 0) is 23.6 Å². The summed E-state index contributed by atoms with van der Waals surface area (Å²) >= 11 is 8.77. The van der Waals surface area contributed by atoms with Gasteiger partial charge in [0.2, 0.25) is 5.91 Å². The van der Waals surface area contributed by atoms with Crippen molar-refractivity contribution in [3.63, 3.8) is 0 Å². The van der Waals surface area contributed by atoms with Gasteiger partial charge in [-0.1, -0.05) is 59.6 Å². The van der Waals surface area contributed by atoms with Gasteiger partial charge < -0.3 is 5.32 Å². The molecule has 4 aromatic heterocycles. The van der Waals surface area contributed by atoms with Crippen LogP contribution in [0.3, 0.4) is 0 Å². The Hall–Kier alpha value is -3.47. The molecule has 0 unspecified atom stereocenters. The number of rotatable bonds is 11. The van der Waals surface area contributed by atoms with Crippen LogP contribution in [0, 0.1) is 6.92 Å². The minimum Gasteiger partial charge on any atom is -0.352 e. The van der Waals surface area contributed by atoms with E-state index in [1.165, 1.54) is 39.1 Å². The summed E-state index contributed by atoms with van der Waals surface area (Å²) in [7, 11) is 0. The lowest BCUT2D eigenvalue weighted by atomic mass is 10.1. The van der Waals surface area contributed by atoms with Crippen LogP contribution < -0.4 is 16.4 Å². The molecule has 1 amide bonds. The molecule has 5 rings (SSSR count). The molecule has 0 atom stereocenters. The number of thioether (sulfide) groups is 1. The molecule has 5 aromatic rings. The van der Waals surface area contributed by atoms with E-state index in [0.29, 0.717) is 57.0 Å². The number of fused-ring (bicyclic) bond motifs is 2. The fourth-order valence-corrected chi connectivity index (χ4v) is 6.15. The van der Waals surface area contributed by atoms with Gasteiger partial charge in [0, 0.05) is 37.5 Å². The summed E-state index contributed by atoms with van der Waals surface area (Å²) < 4.78 is 3.73. The zero-order chi connectivity index (χ0) is 28.1. The molecule has 4 heterocycles. The van der Waals surface area contributed by atoms with Crippen molar-refractivity contribution in [2.24, 2.45) is 0 Å². The maximum absolute atomic E-state index is 13.3. The van der Waals surface area contributed by atoms with E-state index in [9.17, 15) is 14.4 Å². The first kappa shape index (κ1) is 28.1. The average molecular weight is 594 g/mol. The molecule has 40 heavy (non-hydrogen) atoms. The lowest BCUT2D eigenvalue weighted by molar-refractivity contribution is -0.121. The Morgan fingerprint density at radius 3 is 2.70 bits per heavy atom. The molecule has 0 spiro atoms. The van der Waals surface area contributed by atoms with Crippen LogP contribution in [0.4, 0.5) is 0 Å². The highest BCUT2D eigenvalue weighted by Gasteiger charge is 2.14. The van der Waals surface area contributed by atoms with E-state index in [4.69, 9.17) is 16.6 Å². The number of carbonyl (C=O) groups is 1. The lowest BCUT2D eigenvalue weighted by Crippen LogP contribution is -2.23. The Balaban J connectivity index is 1.20. The van der Waals surface area contributed by atoms with E-state index >= 15 is 0 Å². The topological polar surface area (TPSA) is 98.4 Å². The van der Waals surface area contributed by atoms with Crippen LogP contribution >= 0.6 is 34.7 Å². The number of hydrogen-bond acceptors (Lipinski definition) is 7. The molecule has 11 heteroatoms. The second-order valence-electron chi connectivity index (χ2n) is 9.51. The number of carbonyl (C=O) groups excluding carboxylic acids is 1. The first-order valence-electron chi connectivity index (χ1n) is 13.0. The summed E-state index contributed by atoms with van der Waals surface area (Å²) in [6.45, 7) is 3.06. The Kier molecular flexibility index (Phi) is 8.98. The van der Waals surface area contributed by atoms with Gasteiger partial charge in [-0.15, -0.1) is 11.3 Å². The van der Waals surface area contributed by atoms with Crippen LogP contribution in [0.2, 0.25) is 5.02 Å². The molecule has 0 aliphatic rings. The molecule has 206 valence electrons. The molecule has 8 nitrogen and oxygen atoms in total. The highest BCUT2D eigenvalue weighted by Crippen LogP contribution is 2.24. The van der Waals surface area contributed by atoms with E-state index in [2.05, 4.69) is 10.3 Å². The molecule has 0 radical (unpaired) electrons. The SMILES string of the molecule is Cc1ccc(CNC(=O)CCCCCn2c(SCc3cc(=O)n4cc(Cl)ccc4n3)nc3ccsc3c2=O)cc1. The number of pyridine rings is 1. The molecule has 1 aromatic carbocycles. The molecule has 0 bridgehead atoms. The largest absolute Gasteiger partial charge is 0.352 e. The second kappa shape index (κ2) is 12.8. The maximum atomic E-state index is 13.3. The van der Waals surface area contributed by atoms with Gasteiger partial charge in [-0.3, -0.25) is 23.4 Å². The van der Waals surface area contributed by atoms with Crippen molar-refractivity contribution in [3.05, 3.63) is 103 Å². The zero-order valence-corrected chi connectivity index (χ0v) is 24.3. The highest BCUT2D eigenvalue weighted by molar-refractivity contribution is 7.98. The summed E-state index contributed by atoms with van der Waals surface area (Å²) in [5, 5.41) is 5.88. The fourth-order valence-electron chi connectivity index (χ4n) is 4.30. The number of aryl methyl sites for hydroxylation is 1. The third-order valence-corrected chi connectivity index (χ3v) is 8.58. The Morgan fingerprint density at radius 2 is 1.88 bits per heavy atom. The molecule has 0 aliphatic carbocycles. The first-order chi connectivity index (χ1) is 19.4. The summed E-state index contributed by atoms with van der Waals surface area (Å²) in [5.41, 5.74) is 3.75. The van der Waals surface area contributed by atoms with Crippen LogP contribution in [0.5, 0.6) is 0 Å². The number of nitrogens with one attached hydrogen (secondary N) is 1. The second-order valence-corrected chi connectivity index (χ2v) is 11.8. The molecule has 0 fully saturated rings. The van der Waals surface area contributed by atoms with E-state index in [-0.39, 0.29) is 17.0 Å². The van der Waals surface area contributed by atoms with E-state index in [1.807, 2.05) is 42.6 Å². The van der Waals surface area contributed by atoms with Crippen LogP contribution in [0.15, 0.2) is 74.9 Å². The summed E-state index contributed by atoms with van der Waals surface area (Å²) in [6, 6.07) is 14.8. The van der Waals surface area contributed by atoms with Crippen molar-refractivity contribution in [3.8, 4) is 0 Å². The monoisotopic (exact) mass is 593 g/mol. The van der Waals surface area contributed by atoms with E-state index in [0.717, 1.165) is 24.8 Å². The first-order valence-corrected chi connectivity index (χ1v) is 15.2. The van der Waals surface area contributed by atoms with Crippen LogP contribution in [0.1, 0.15) is 42.5 Å². The van der Waals surface area contributed by atoms with Crippen molar-refractivity contribution < 1.29 is 4.79 Å². The smallest absolute Gasteiger partial charge is 0.272 e. The van der Waals surface area contributed by atoms with Crippen LogP contribution in [0.25, 0.3) is 15.9 Å². The minimum atomic E-state index is -0.218. The van der Waals surface area contributed by atoms with Crippen molar-refractivity contribution in [1.82, 2.24) is 24.3 Å². The summed E-state index contributed by atoms with van der Waals surface area (Å²) in [5.74, 6) is 0.411. The van der Waals surface area contributed by atoms with Gasteiger partial charge in [-0.05, 0) is 48.9 Å². The van der Waals surface area contributed by atoms with Crippen molar-refractivity contribution in [1.29, 1.82) is 0 Å². The number of benzene rings is 1. The van der Waals surface area contributed by atoms with Gasteiger partial charge in [0.15, 0.2) is 5.16 Å². The van der Waals surface area contributed by atoms with Gasteiger partial charge >= 0.3 is 0 Å². The number of thiophene rings is 1. The summed E-state index contributed by atoms with van der Waals surface area (Å²) in [4.78, 5) is 47.4. The number of unbranched alkanes of at least 4 members (excludes halogenated alkanes) is 2. The number of nitrogens with zero attached hydrogens (tertiary/aromatic N) is 4. The van der Waals surface area contributed by atoms with E-state index < -0.39 is 0 Å². The molecule has 0 saturated carbocycles. The lowest BCUT2D eigenvalue weighted by Gasteiger charge is -2.12. The van der Waals surface area contributed by atoms with Gasteiger partial charge in [-0.25, -0.2) is 9.97 Å². The minimum absolute atomic E-state index is 0.0247. The van der Waals surface area contributed by atoms with Crippen molar-refractivity contribution in [2.75, 3.05) is 0 Å². The van der Waals surface area contributed by atoms with Gasteiger partial charge in [0.25, 0.3) is 11.1 Å². The fraction of sp³-hybridized carbons (Fsp3) is 0.276. The van der Waals surface area contributed by atoms with Crippen molar-refractivity contribution in [2.45, 2.75) is 56.6 Å². The zero-order valence-electron chi connectivity index (χ0n) is 21.9. The highest BCUT2D eigenvalue weighted by atomic mass is 35.5. The molecule has 0 saturated heterocycles. The number of amides is 1. The third-order valence-electron chi connectivity index (χ3n) is 6.45. The number of halogens is 1. The number of aromatic nitrogens is 4. The quantitative estimate of drug-likeness (QED) is 0.122. The van der Waals surface area contributed by atoms with Crippen molar-refractivity contribution >= 4 is 56.5 Å². The Bertz CT molecular complexity index is 1780. The normalized spacial score (nSPS) is 11.3. The Labute approximate surface area is 244 Å². The molecular formula is C29H28ClN5O3S2.